The van der Waals surface area contributed by atoms with Gasteiger partial charge in [0.05, 0.1) is 6.10 Å². The van der Waals surface area contributed by atoms with Crippen LogP contribution in [-0.4, -0.2) is 11.7 Å². The van der Waals surface area contributed by atoms with Gasteiger partial charge in [-0.2, -0.15) is 0 Å². The van der Waals surface area contributed by atoms with Crippen molar-refractivity contribution in [1.82, 2.24) is 5.32 Å². The van der Waals surface area contributed by atoms with Crippen LogP contribution in [0.25, 0.3) is 0 Å². The van der Waals surface area contributed by atoms with Crippen LogP contribution < -0.4 is 5.32 Å². The van der Waals surface area contributed by atoms with E-state index < -0.39 is 6.10 Å². The zero-order chi connectivity index (χ0) is 14.5. The largest absolute Gasteiger partial charge is 0.387 e. The van der Waals surface area contributed by atoms with E-state index in [1.165, 1.54) is 12.1 Å². The third-order valence-electron chi connectivity index (χ3n) is 3.20. The van der Waals surface area contributed by atoms with Crippen molar-refractivity contribution in [3.05, 3.63) is 69.9 Å². The summed E-state index contributed by atoms with van der Waals surface area (Å²) in [4.78, 5) is 0. The maximum atomic E-state index is 13.1. The highest BCUT2D eigenvalue weighted by atomic mass is 79.9. The van der Waals surface area contributed by atoms with E-state index in [1.54, 1.807) is 12.1 Å². The fraction of sp³-hybridized carbons (Fsp3) is 0.250. The van der Waals surface area contributed by atoms with Crippen molar-refractivity contribution in [1.29, 1.82) is 0 Å². The molecular formula is C16H17BrFNO. The molecule has 106 valence electrons. The van der Waals surface area contributed by atoms with Crippen LogP contribution in [0, 0.1) is 5.82 Å². The van der Waals surface area contributed by atoms with Gasteiger partial charge in [0.15, 0.2) is 0 Å². The first-order chi connectivity index (χ1) is 9.56. The molecule has 0 bridgehead atoms. The summed E-state index contributed by atoms with van der Waals surface area (Å²) in [5, 5.41) is 13.3. The number of aliphatic hydroxyl groups excluding tert-OH is 1. The molecule has 2 aromatic carbocycles. The van der Waals surface area contributed by atoms with E-state index in [4.69, 9.17) is 0 Å². The highest BCUT2D eigenvalue weighted by molar-refractivity contribution is 9.10. The molecule has 2 rings (SSSR count). The molecule has 0 saturated carbocycles. The number of rotatable bonds is 5. The summed E-state index contributed by atoms with van der Waals surface area (Å²) in [5.74, 6) is -0.332. The molecule has 2 nitrogen and oxygen atoms in total. The summed E-state index contributed by atoms with van der Waals surface area (Å²) < 4.78 is 14.1. The molecule has 0 aliphatic heterocycles. The normalized spacial score (nSPS) is 14.0. The lowest BCUT2D eigenvalue weighted by Crippen LogP contribution is -2.24. The van der Waals surface area contributed by atoms with E-state index in [0.29, 0.717) is 12.1 Å². The standard InChI is InChI=1S/C16H17BrFNO/c1-11(12-4-2-6-14(17)8-12)19-10-16(20)13-5-3-7-15(18)9-13/h2-9,11,16,19-20H,10H2,1H3. The smallest absolute Gasteiger partial charge is 0.123 e. The molecule has 2 N–H and O–H groups in total. The number of nitrogens with one attached hydrogen (secondary N) is 1. The Kier molecular flexibility index (Phi) is 5.29. The Balaban J connectivity index is 1.94. The molecule has 0 fully saturated rings. The number of hydrogen-bond donors (Lipinski definition) is 2. The first-order valence-electron chi connectivity index (χ1n) is 6.48. The average Bonchev–Trinajstić information content (AvgIpc) is 2.44. The zero-order valence-corrected chi connectivity index (χ0v) is 12.8. The van der Waals surface area contributed by atoms with Crippen LogP contribution in [0.3, 0.4) is 0 Å². The quantitative estimate of drug-likeness (QED) is 0.865. The molecule has 2 unspecified atom stereocenters. The molecule has 0 heterocycles. The fourth-order valence-corrected chi connectivity index (χ4v) is 2.43. The molecular weight excluding hydrogens is 321 g/mol. The van der Waals surface area contributed by atoms with Gasteiger partial charge in [-0.3, -0.25) is 0 Å². The van der Waals surface area contributed by atoms with Crippen LogP contribution >= 0.6 is 15.9 Å². The van der Waals surface area contributed by atoms with Crippen molar-refractivity contribution in [2.24, 2.45) is 0 Å². The Morgan fingerprint density at radius 2 is 1.85 bits per heavy atom. The summed E-state index contributed by atoms with van der Waals surface area (Å²) in [6.07, 6.45) is -0.722. The third kappa shape index (κ3) is 4.13. The van der Waals surface area contributed by atoms with E-state index >= 15 is 0 Å². The first-order valence-corrected chi connectivity index (χ1v) is 7.28. The molecule has 20 heavy (non-hydrogen) atoms. The van der Waals surface area contributed by atoms with Crippen molar-refractivity contribution in [2.75, 3.05) is 6.54 Å². The van der Waals surface area contributed by atoms with Crippen molar-refractivity contribution < 1.29 is 9.50 Å². The minimum absolute atomic E-state index is 0.107. The van der Waals surface area contributed by atoms with Gasteiger partial charge in [0.2, 0.25) is 0 Å². The van der Waals surface area contributed by atoms with E-state index in [2.05, 4.69) is 21.2 Å². The zero-order valence-electron chi connectivity index (χ0n) is 11.2. The van der Waals surface area contributed by atoms with Gasteiger partial charge in [-0.25, -0.2) is 4.39 Å². The lowest BCUT2D eigenvalue weighted by Gasteiger charge is -2.18. The Hall–Kier alpha value is -1.23. The van der Waals surface area contributed by atoms with Gasteiger partial charge in [-0.1, -0.05) is 40.2 Å². The molecule has 4 heteroatoms. The minimum atomic E-state index is -0.722. The van der Waals surface area contributed by atoms with Crippen LogP contribution in [0.4, 0.5) is 4.39 Å². The Morgan fingerprint density at radius 3 is 2.55 bits per heavy atom. The Labute approximate surface area is 126 Å². The summed E-state index contributed by atoms with van der Waals surface area (Å²) in [6, 6.07) is 14.2. The molecule has 0 saturated heterocycles. The van der Waals surface area contributed by atoms with Gasteiger partial charge in [0, 0.05) is 17.1 Å². The number of aliphatic hydroxyl groups is 1. The molecule has 2 aromatic rings. The van der Waals surface area contributed by atoms with Crippen molar-refractivity contribution in [2.45, 2.75) is 19.1 Å². The van der Waals surface area contributed by atoms with E-state index in [-0.39, 0.29) is 11.9 Å². The van der Waals surface area contributed by atoms with Crippen molar-refractivity contribution in [3.8, 4) is 0 Å². The van der Waals surface area contributed by atoms with Gasteiger partial charge in [0.1, 0.15) is 5.82 Å². The van der Waals surface area contributed by atoms with Crippen molar-refractivity contribution in [3.63, 3.8) is 0 Å². The molecule has 0 aromatic heterocycles. The van der Waals surface area contributed by atoms with Crippen LogP contribution in [0.1, 0.15) is 30.2 Å². The molecule has 0 aliphatic rings. The average molecular weight is 338 g/mol. The number of halogens is 2. The topological polar surface area (TPSA) is 32.3 Å². The van der Waals surface area contributed by atoms with E-state index in [9.17, 15) is 9.50 Å². The second kappa shape index (κ2) is 6.97. The van der Waals surface area contributed by atoms with Crippen LogP contribution in [-0.2, 0) is 0 Å². The predicted molar refractivity (Wildman–Crippen MR) is 81.9 cm³/mol. The molecule has 0 aliphatic carbocycles. The minimum Gasteiger partial charge on any atom is -0.387 e. The number of benzene rings is 2. The van der Waals surface area contributed by atoms with Gasteiger partial charge < -0.3 is 10.4 Å². The van der Waals surface area contributed by atoms with E-state index in [1.807, 2.05) is 31.2 Å². The monoisotopic (exact) mass is 337 g/mol. The lowest BCUT2D eigenvalue weighted by atomic mass is 10.1. The van der Waals surface area contributed by atoms with Gasteiger partial charge in [0.25, 0.3) is 0 Å². The lowest BCUT2D eigenvalue weighted by molar-refractivity contribution is 0.170. The first kappa shape index (κ1) is 15.2. The van der Waals surface area contributed by atoms with Crippen LogP contribution in [0.5, 0.6) is 0 Å². The molecule has 0 amide bonds. The van der Waals surface area contributed by atoms with Crippen LogP contribution in [0.15, 0.2) is 53.0 Å². The molecule has 0 spiro atoms. The van der Waals surface area contributed by atoms with Gasteiger partial charge in [-0.15, -0.1) is 0 Å². The van der Waals surface area contributed by atoms with Crippen LogP contribution in [0.2, 0.25) is 0 Å². The highest BCUT2D eigenvalue weighted by Gasteiger charge is 2.11. The third-order valence-corrected chi connectivity index (χ3v) is 3.69. The summed E-state index contributed by atoms with van der Waals surface area (Å²) in [7, 11) is 0. The Bertz CT molecular complexity index is 524. The maximum Gasteiger partial charge on any atom is 0.123 e. The second-order valence-electron chi connectivity index (χ2n) is 4.76. The summed E-state index contributed by atoms with van der Waals surface area (Å²) in [5.41, 5.74) is 1.71. The number of hydrogen-bond acceptors (Lipinski definition) is 2. The van der Waals surface area contributed by atoms with Gasteiger partial charge >= 0.3 is 0 Å². The maximum absolute atomic E-state index is 13.1. The molecule has 2 atom stereocenters. The van der Waals surface area contributed by atoms with E-state index in [0.717, 1.165) is 10.0 Å². The van der Waals surface area contributed by atoms with Crippen molar-refractivity contribution >= 4 is 15.9 Å². The predicted octanol–water partition coefficient (Wildman–Crippen LogP) is 3.97. The Morgan fingerprint density at radius 1 is 1.15 bits per heavy atom. The molecule has 0 radical (unpaired) electrons. The second-order valence-corrected chi connectivity index (χ2v) is 5.67. The fourth-order valence-electron chi connectivity index (χ4n) is 2.01. The van der Waals surface area contributed by atoms with Gasteiger partial charge in [-0.05, 0) is 42.3 Å². The summed E-state index contributed by atoms with van der Waals surface area (Å²) >= 11 is 3.44. The SMILES string of the molecule is CC(NCC(O)c1cccc(F)c1)c1cccc(Br)c1. The highest BCUT2D eigenvalue weighted by Crippen LogP contribution is 2.19. The summed E-state index contributed by atoms with van der Waals surface area (Å²) in [6.45, 7) is 2.40.